The summed E-state index contributed by atoms with van der Waals surface area (Å²) in [6.07, 6.45) is -0.740. The molecule has 0 saturated carbocycles. The number of alkyl halides is 1. The van der Waals surface area contributed by atoms with E-state index in [-0.39, 0.29) is 13.1 Å². The fraction of sp³-hybridized carbons (Fsp3) is 0.857. The van der Waals surface area contributed by atoms with E-state index in [9.17, 15) is 4.79 Å². The van der Waals surface area contributed by atoms with E-state index in [2.05, 4.69) is 36.0 Å². The standard InChI is InChI=1S/C7H11BrN6O2/c1-7(2,8)6(15)16-5(3-11-13-9)4-12-14-10/h5H,3-4H2,1-2H3. The molecule has 0 aromatic heterocycles. The van der Waals surface area contributed by atoms with Crippen LogP contribution in [0.25, 0.3) is 20.9 Å². The summed E-state index contributed by atoms with van der Waals surface area (Å²) < 4.78 is 4.17. The average molecular weight is 291 g/mol. The van der Waals surface area contributed by atoms with Crippen molar-refractivity contribution in [1.82, 2.24) is 0 Å². The topological polar surface area (TPSA) is 124 Å². The number of carbonyl (C=O) groups is 1. The largest absolute Gasteiger partial charge is 0.461 e. The number of rotatable bonds is 6. The first-order valence-corrected chi connectivity index (χ1v) is 5.12. The van der Waals surface area contributed by atoms with Gasteiger partial charge >= 0.3 is 5.97 Å². The van der Waals surface area contributed by atoms with Crippen molar-refractivity contribution in [3.63, 3.8) is 0 Å². The maximum atomic E-state index is 11.5. The van der Waals surface area contributed by atoms with Crippen LogP contribution < -0.4 is 0 Å². The monoisotopic (exact) mass is 290 g/mol. The fourth-order valence-corrected chi connectivity index (χ4v) is 0.772. The minimum Gasteiger partial charge on any atom is -0.461 e. The highest BCUT2D eigenvalue weighted by atomic mass is 79.9. The second kappa shape index (κ2) is 6.95. The van der Waals surface area contributed by atoms with Crippen molar-refractivity contribution < 1.29 is 9.53 Å². The molecule has 0 N–H and O–H groups in total. The van der Waals surface area contributed by atoms with Crippen LogP contribution in [0.15, 0.2) is 10.2 Å². The Labute approximate surface area is 100 Å². The van der Waals surface area contributed by atoms with Gasteiger partial charge in [-0.15, -0.1) is 0 Å². The minimum absolute atomic E-state index is 0.0651. The predicted molar refractivity (Wildman–Crippen MR) is 60.9 cm³/mol. The first kappa shape index (κ1) is 14.6. The second-order valence-electron chi connectivity index (χ2n) is 3.33. The van der Waals surface area contributed by atoms with Crippen LogP contribution in [0.1, 0.15) is 13.8 Å². The molecule has 0 aliphatic heterocycles. The van der Waals surface area contributed by atoms with Crippen molar-refractivity contribution in [3.8, 4) is 0 Å². The maximum absolute atomic E-state index is 11.5. The van der Waals surface area contributed by atoms with Crippen LogP contribution in [-0.2, 0) is 9.53 Å². The molecular weight excluding hydrogens is 280 g/mol. The summed E-state index contributed by atoms with van der Waals surface area (Å²) in [5.41, 5.74) is 16.3. The lowest BCUT2D eigenvalue weighted by Gasteiger charge is -2.19. The summed E-state index contributed by atoms with van der Waals surface area (Å²) in [7, 11) is 0. The second-order valence-corrected chi connectivity index (χ2v) is 5.31. The van der Waals surface area contributed by atoms with Gasteiger partial charge in [0, 0.05) is 9.82 Å². The molecule has 0 aliphatic rings. The van der Waals surface area contributed by atoms with Crippen LogP contribution in [-0.4, -0.2) is 29.5 Å². The highest BCUT2D eigenvalue weighted by Crippen LogP contribution is 2.18. The van der Waals surface area contributed by atoms with Crippen molar-refractivity contribution in [2.75, 3.05) is 13.1 Å². The molecule has 0 radical (unpaired) electrons. The number of ether oxygens (including phenoxy) is 1. The molecule has 0 aromatic rings. The molecule has 0 unspecified atom stereocenters. The van der Waals surface area contributed by atoms with Crippen LogP contribution in [0.5, 0.6) is 0 Å². The van der Waals surface area contributed by atoms with Gasteiger partial charge in [-0.3, -0.25) is 4.79 Å². The third-order valence-corrected chi connectivity index (χ3v) is 1.78. The molecule has 0 saturated heterocycles. The molecule has 0 bridgehead atoms. The van der Waals surface area contributed by atoms with Gasteiger partial charge < -0.3 is 4.74 Å². The minimum atomic E-state index is -0.835. The third-order valence-electron chi connectivity index (χ3n) is 1.46. The molecule has 0 fully saturated rings. The van der Waals surface area contributed by atoms with Crippen molar-refractivity contribution in [3.05, 3.63) is 20.9 Å². The molecule has 0 aliphatic carbocycles. The summed E-state index contributed by atoms with van der Waals surface area (Å²) in [4.78, 5) is 16.5. The Morgan fingerprint density at radius 1 is 1.38 bits per heavy atom. The molecule has 16 heavy (non-hydrogen) atoms. The number of carbonyl (C=O) groups excluding carboxylic acids is 1. The first-order chi connectivity index (χ1) is 7.41. The molecule has 88 valence electrons. The van der Waals surface area contributed by atoms with Gasteiger partial charge in [-0.05, 0) is 24.9 Å². The Morgan fingerprint density at radius 2 is 1.81 bits per heavy atom. The molecule has 8 nitrogen and oxygen atoms in total. The Morgan fingerprint density at radius 3 is 2.12 bits per heavy atom. The number of hydrogen-bond acceptors (Lipinski definition) is 4. The van der Waals surface area contributed by atoms with E-state index in [0.717, 1.165) is 0 Å². The third kappa shape index (κ3) is 6.13. The van der Waals surface area contributed by atoms with Gasteiger partial charge in [-0.25, -0.2) is 0 Å². The highest BCUT2D eigenvalue weighted by molar-refractivity contribution is 9.10. The zero-order valence-corrected chi connectivity index (χ0v) is 10.5. The molecule has 0 heterocycles. The SMILES string of the molecule is CC(C)(Br)C(=O)OC(CN=[N+]=[N-])CN=[N+]=[N-]. The fourth-order valence-electron chi connectivity index (χ4n) is 0.679. The van der Waals surface area contributed by atoms with Gasteiger partial charge in [0.2, 0.25) is 0 Å². The van der Waals surface area contributed by atoms with E-state index in [0.29, 0.717) is 0 Å². The Hall–Kier alpha value is -1.43. The lowest BCUT2D eigenvalue weighted by molar-refractivity contribution is -0.149. The maximum Gasteiger partial charge on any atom is 0.322 e. The van der Waals surface area contributed by atoms with E-state index in [1.807, 2.05) is 0 Å². The van der Waals surface area contributed by atoms with E-state index >= 15 is 0 Å². The average Bonchev–Trinajstić information content (AvgIpc) is 2.20. The van der Waals surface area contributed by atoms with Crippen LogP contribution >= 0.6 is 15.9 Å². The molecule has 0 atom stereocenters. The number of hydrogen-bond donors (Lipinski definition) is 0. The lowest BCUT2D eigenvalue weighted by Crippen LogP contribution is -2.33. The normalized spacial score (nSPS) is 11.9. The van der Waals surface area contributed by atoms with Crippen molar-refractivity contribution in [1.29, 1.82) is 0 Å². The zero-order valence-electron chi connectivity index (χ0n) is 8.87. The number of esters is 1. The van der Waals surface area contributed by atoms with E-state index in [4.69, 9.17) is 15.8 Å². The van der Waals surface area contributed by atoms with Crippen LogP contribution in [0.4, 0.5) is 0 Å². The lowest BCUT2D eigenvalue weighted by atomic mass is 10.2. The predicted octanol–water partition coefficient (Wildman–Crippen LogP) is 2.69. The van der Waals surface area contributed by atoms with Gasteiger partial charge in [0.05, 0.1) is 13.1 Å². The van der Waals surface area contributed by atoms with Gasteiger partial charge in [-0.2, -0.15) is 0 Å². The van der Waals surface area contributed by atoms with E-state index in [1.165, 1.54) is 0 Å². The van der Waals surface area contributed by atoms with Crippen LogP contribution in [0.3, 0.4) is 0 Å². The Balaban J connectivity index is 4.46. The van der Waals surface area contributed by atoms with Crippen LogP contribution in [0.2, 0.25) is 0 Å². The summed E-state index contributed by atoms with van der Waals surface area (Å²) in [6.45, 7) is 3.11. The Bertz CT molecular complexity index is 319. The summed E-state index contributed by atoms with van der Waals surface area (Å²) in [6, 6.07) is 0. The molecule has 9 heteroatoms. The number of azide groups is 2. The van der Waals surface area contributed by atoms with Crippen molar-refractivity contribution in [2.24, 2.45) is 10.2 Å². The van der Waals surface area contributed by atoms with Gasteiger partial charge in [0.15, 0.2) is 0 Å². The zero-order chi connectivity index (χ0) is 12.6. The van der Waals surface area contributed by atoms with Crippen molar-refractivity contribution in [2.45, 2.75) is 24.3 Å². The molecule has 0 spiro atoms. The quantitative estimate of drug-likeness (QED) is 0.245. The first-order valence-electron chi connectivity index (χ1n) is 4.33. The summed E-state index contributed by atoms with van der Waals surface area (Å²) in [5.74, 6) is -0.515. The van der Waals surface area contributed by atoms with E-state index in [1.54, 1.807) is 13.8 Å². The smallest absolute Gasteiger partial charge is 0.322 e. The van der Waals surface area contributed by atoms with Crippen molar-refractivity contribution >= 4 is 21.9 Å². The molecular formula is C7H11BrN6O2. The van der Waals surface area contributed by atoms with Gasteiger partial charge in [0.25, 0.3) is 0 Å². The summed E-state index contributed by atoms with van der Waals surface area (Å²) >= 11 is 3.13. The molecule has 0 aromatic carbocycles. The van der Waals surface area contributed by atoms with Gasteiger partial charge in [0.1, 0.15) is 10.4 Å². The highest BCUT2D eigenvalue weighted by Gasteiger charge is 2.27. The molecule has 0 rings (SSSR count). The van der Waals surface area contributed by atoms with E-state index < -0.39 is 16.4 Å². The van der Waals surface area contributed by atoms with Crippen LogP contribution in [0, 0.1) is 0 Å². The number of nitrogens with zero attached hydrogens (tertiary/aromatic N) is 6. The Kier molecular flexibility index (Phi) is 6.32. The molecule has 0 amide bonds. The summed E-state index contributed by atoms with van der Waals surface area (Å²) in [5, 5.41) is 6.53. The number of halogens is 1. The van der Waals surface area contributed by atoms with Gasteiger partial charge in [-0.1, -0.05) is 26.2 Å².